The Bertz CT molecular complexity index is 442. The van der Waals surface area contributed by atoms with Gasteiger partial charge in [-0.2, -0.15) is 0 Å². The van der Waals surface area contributed by atoms with Crippen LogP contribution in [0, 0.1) is 0 Å². The molecule has 98 valence electrons. The summed E-state index contributed by atoms with van der Waals surface area (Å²) in [7, 11) is 0. The van der Waals surface area contributed by atoms with Crippen LogP contribution in [-0.4, -0.2) is 35.3 Å². The van der Waals surface area contributed by atoms with Gasteiger partial charge in [-0.1, -0.05) is 0 Å². The van der Waals surface area contributed by atoms with Crippen LogP contribution < -0.4 is 10.6 Å². The maximum Gasteiger partial charge on any atom is 0.320 e. The van der Waals surface area contributed by atoms with Crippen molar-refractivity contribution < 1.29 is 15.0 Å². The number of carboxylic acid groups (broad SMARTS) is 1. The van der Waals surface area contributed by atoms with E-state index in [-0.39, 0.29) is 12.2 Å². The summed E-state index contributed by atoms with van der Waals surface area (Å²) in [6, 6.07) is 4.32. The molecule has 4 N–H and O–H groups in total. The molecule has 1 heterocycles. The van der Waals surface area contributed by atoms with E-state index in [4.69, 9.17) is 10.8 Å². The number of carbonyl (C=O) groups is 1. The van der Waals surface area contributed by atoms with Crippen molar-refractivity contribution >= 4 is 11.7 Å². The van der Waals surface area contributed by atoms with Gasteiger partial charge in [0.25, 0.3) is 0 Å². The van der Waals surface area contributed by atoms with Gasteiger partial charge in [-0.15, -0.1) is 0 Å². The molecule has 1 fully saturated rings. The Morgan fingerprint density at radius 2 is 2.06 bits per heavy atom. The van der Waals surface area contributed by atoms with E-state index >= 15 is 0 Å². The molecular formula is C13H18N2O3. The van der Waals surface area contributed by atoms with Crippen LogP contribution in [0.2, 0.25) is 0 Å². The van der Waals surface area contributed by atoms with E-state index in [1.54, 1.807) is 6.07 Å². The molecule has 1 unspecified atom stereocenters. The van der Waals surface area contributed by atoms with Crippen LogP contribution in [0.3, 0.4) is 0 Å². The lowest BCUT2D eigenvalue weighted by molar-refractivity contribution is -0.138. The fourth-order valence-corrected chi connectivity index (χ4v) is 2.23. The average molecular weight is 250 g/mol. The van der Waals surface area contributed by atoms with E-state index in [0.29, 0.717) is 5.56 Å². The minimum Gasteiger partial charge on any atom is -0.508 e. The van der Waals surface area contributed by atoms with E-state index in [0.717, 1.165) is 18.8 Å². The number of hydrogen-bond acceptors (Lipinski definition) is 4. The van der Waals surface area contributed by atoms with Crippen LogP contribution in [0.1, 0.15) is 18.4 Å². The summed E-state index contributed by atoms with van der Waals surface area (Å²) in [6.07, 6.45) is 2.48. The number of aliphatic carboxylic acids is 1. The van der Waals surface area contributed by atoms with E-state index in [2.05, 4.69) is 4.90 Å². The topological polar surface area (TPSA) is 86.8 Å². The average Bonchev–Trinajstić information content (AvgIpc) is 2.85. The minimum absolute atomic E-state index is 0.106. The summed E-state index contributed by atoms with van der Waals surface area (Å²) in [4.78, 5) is 13.0. The second kappa shape index (κ2) is 5.27. The van der Waals surface area contributed by atoms with Crippen molar-refractivity contribution in [3.05, 3.63) is 23.8 Å². The molecule has 1 aromatic carbocycles. The Labute approximate surface area is 106 Å². The van der Waals surface area contributed by atoms with Crippen molar-refractivity contribution in [1.29, 1.82) is 0 Å². The molecule has 1 saturated heterocycles. The summed E-state index contributed by atoms with van der Waals surface area (Å²) in [5, 5.41) is 18.5. The maximum absolute atomic E-state index is 10.7. The fraction of sp³-hybridized carbons (Fsp3) is 0.462. The van der Waals surface area contributed by atoms with Crippen LogP contribution in [0.25, 0.3) is 0 Å². The van der Waals surface area contributed by atoms with E-state index in [1.165, 1.54) is 12.8 Å². The lowest BCUT2D eigenvalue weighted by Crippen LogP contribution is -2.32. The van der Waals surface area contributed by atoms with Crippen molar-refractivity contribution in [2.45, 2.75) is 25.3 Å². The maximum atomic E-state index is 10.7. The van der Waals surface area contributed by atoms with Gasteiger partial charge < -0.3 is 20.8 Å². The number of carboxylic acids is 1. The Morgan fingerprint density at radius 1 is 1.39 bits per heavy atom. The van der Waals surface area contributed by atoms with Gasteiger partial charge in [0.1, 0.15) is 11.8 Å². The first-order chi connectivity index (χ1) is 8.58. The number of phenolic OH excluding ortho intramolecular Hbond substituents is 1. The summed E-state index contributed by atoms with van der Waals surface area (Å²) in [5.74, 6) is -0.948. The number of benzene rings is 1. The predicted octanol–water partition coefficient (Wildman–Crippen LogP) is 0.947. The van der Waals surface area contributed by atoms with Gasteiger partial charge in [0.15, 0.2) is 0 Å². The molecule has 2 rings (SSSR count). The van der Waals surface area contributed by atoms with Crippen LogP contribution in [0.15, 0.2) is 18.2 Å². The van der Waals surface area contributed by atoms with Gasteiger partial charge in [0.2, 0.25) is 0 Å². The third-order valence-corrected chi connectivity index (χ3v) is 3.29. The van der Waals surface area contributed by atoms with Gasteiger partial charge in [0.05, 0.1) is 0 Å². The first-order valence-electron chi connectivity index (χ1n) is 6.13. The zero-order valence-electron chi connectivity index (χ0n) is 10.2. The lowest BCUT2D eigenvalue weighted by Gasteiger charge is -2.19. The fourth-order valence-electron chi connectivity index (χ4n) is 2.23. The van der Waals surface area contributed by atoms with Gasteiger partial charge in [-0.05, 0) is 36.6 Å². The first kappa shape index (κ1) is 12.7. The number of rotatable bonds is 4. The highest BCUT2D eigenvalue weighted by Gasteiger charge is 2.17. The SMILES string of the molecule is NC(Cc1cc(N2CCCC2)ccc1O)C(=O)O. The molecule has 1 atom stereocenters. The second-order valence-electron chi connectivity index (χ2n) is 4.66. The number of nitrogens with two attached hydrogens (primary N) is 1. The Balaban J connectivity index is 2.18. The number of phenols is 1. The van der Waals surface area contributed by atoms with Crippen molar-refractivity contribution in [2.75, 3.05) is 18.0 Å². The van der Waals surface area contributed by atoms with Crippen molar-refractivity contribution in [3.63, 3.8) is 0 Å². The van der Waals surface area contributed by atoms with Crippen molar-refractivity contribution in [2.24, 2.45) is 5.73 Å². The number of hydrogen-bond donors (Lipinski definition) is 3. The normalized spacial score (nSPS) is 16.8. The second-order valence-corrected chi connectivity index (χ2v) is 4.66. The van der Waals surface area contributed by atoms with Crippen LogP contribution in [-0.2, 0) is 11.2 Å². The standard InChI is InChI=1S/C13H18N2O3/c14-11(13(17)18)8-9-7-10(3-4-12(9)16)15-5-1-2-6-15/h3-4,7,11,16H,1-2,5-6,8,14H2,(H,17,18). The minimum atomic E-state index is -1.05. The molecule has 0 bridgehead atoms. The highest BCUT2D eigenvalue weighted by molar-refractivity contribution is 5.74. The van der Waals surface area contributed by atoms with Crippen molar-refractivity contribution in [1.82, 2.24) is 0 Å². The molecule has 1 aromatic rings. The highest BCUT2D eigenvalue weighted by Crippen LogP contribution is 2.27. The van der Waals surface area contributed by atoms with Gasteiger partial charge >= 0.3 is 5.97 Å². The van der Waals surface area contributed by atoms with Crippen molar-refractivity contribution in [3.8, 4) is 5.75 Å². The molecule has 0 saturated carbocycles. The molecular weight excluding hydrogens is 232 g/mol. The van der Waals surface area contributed by atoms with Gasteiger partial charge in [0, 0.05) is 25.2 Å². The third-order valence-electron chi connectivity index (χ3n) is 3.29. The molecule has 0 amide bonds. The molecule has 0 aliphatic carbocycles. The molecule has 0 radical (unpaired) electrons. The number of anilines is 1. The zero-order chi connectivity index (χ0) is 13.1. The van der Waals surface area contributed by atoms with Gasteiger partial charge in [-0.3, -0.25) is 4.79 Å². The molecule has 1 aliphatic heterocycles. The van der Waals surface area contributed by atoms with Crippen LogP contribution >= 0.6 is 0 Å². The first-order valence-corrected chi connectivity index (χ1v) is 6.13. The molecule has 5 heteroatoms. The highest BCUT2D eigenvalue weighted by atomic mass is 16.4. The summed E-state index contributed by atoms with van der Waals surface area (Å²) < 4.78 is 0. The summed E-state index contributed by atoms with van der Waals surface area (Å²) in [5.41, 5.74) is 7.11. The zero-order valence-corrected chi connectivity index (χ0v) is 10.2. The van der Waals surface area contributed by atoms with Crippen LogP contribution in [0.5, 0.6) is 5.75 Å². The number of aromatic hydroxyl groups is 1. The monoisotopic (exact) mass is 250 g/mol. The Kier molecular flexibility index (Phi) is 3.72. The molecule has 5 nitrogen and oxygen atoms in total. The number of nitrogens with zero attached hydrogens (tertiary/aromatic N) is 1. The smallest absolute Gasteiger partial charge is 0.320 e. The Morgan fingerprint density at radius 3 is 2.67 bits per heavy atom. The predicted molar refractivity (Wildman–Crippen MR) is 68.9 cm³/mol. The molecule has 0 spiro atoms. The Hall–Kier alpha value is -1.75. The largest absolute Gasteiger partial charge is 0.508 e. The quantitative estimate of drug-likeness (QED) is 0.740. The van der Waals surface area contributed by atoms with Gasteiger partial charge in [-0.25, -0.2) is 0 Å². The summed E-state index contributed by atoms with van der Waals surface area (Å²) in [6.45, 7) is 2.02. The third kappa shape index (κ3) is 2.73. The molecule has 0 aromatic heterocycles. The van der Waals surface area contributed by atoms with E-state index in [9.17, 15) is 9.90 Å². The molecule has 1 aliphatic rings. The van der Waals surface area contributed by atoms with E-state index in [1.807, 2.05) is 12.1 Å². The van der Waals surface area contributed by atoms with Crippen LogP contribution in [0.4, 0.5) is 5.69 Å². The summed E-state index contributed by atoms with van der Waals surface area (Å²) >= 11 is 0. The van der Waals surface area contributed by atoms with E-state index < -0.39 is 12.0 Å². The molecule has 18 heavy (non-hydrogen) atoms. The lowest BCUT2D eigenvalue weighted by atomic mass is 10.0.